The van der Waals surface area contributed by atoms with Crippen molar-refractivity contribution in [1.82, 2.24) is 0 Å². The Morgan fingerprint density at radius 2 is 2.33 bits per heavy atom. The van der Waals surface area contributed by atoms with Gasteiger partial charge in [0.05, 0.1) is 6.61 Å². The Morgan fingerprint density at radius 3 is 2.89 bits per heavy atom. The van der Waals surface area contributed by atoms with Crippen molar-refractivity contribution < 1.29 is 9.53 Å². The van der Waals surface area contributed by atoms with Crippen molar-refractivity contribution in [1.29, 1.82) is 5.26 Å². The zero-order valence-electron chi connectivity index (χ0n) is 10.2. The van der Waals surface area contributed by atoms with Crippen LogP contribution in [-0.4, -0.2) is 12.6 Å². The molecule has 0 aliphatic rings. The first-order valence-corrected chi connectivity index (χ1v) is 5.76. The van der Waals surface area contributed by atoms with Gasteiger partial charge in [-0.15, -0.1) is 0 Å². The summed E-state index contributed by atoms with van der Waals surface area (Å²) in [6.07, 6.45) is 1.30. The molecule has 0 radical (unpaired) electrons. The molecule has 5 heteroatoms. The van der Waals surface area contributed by atoms with E-state index in [1.807, 2.05) is 13.0 Å². The van der Waals surface area contributed by atoms with E-state index in [9.17, 15) is 4.79 Å². The highest BCUT2D eigenvalue weighted by Crippen LogP contribution is 2.20. The minimum absolute atomic E-state index is 0.0893. The van der Waals surface area contributed by atoms with Gasteiger partial charge in [0, 0.05) is 16.9 Å². The number of carbonyl (C=O) groups is 1. The van der Waals surface area contributed by atoms with Crippen molar-refractivity contribution in [3.8, 4) is 6.07 Å². The van der Waals surface area contributed by atoms with Gasteiger partial charge in [-0.1, -0.05) is 17.7 Å². The summed E-state index contributed by atoms with van der Waals surface area (Å²) in [6, 6.07) is 7.14. The Labute approximate surface area is 111 Å². The molecule has 1 aromatic carbocycles. The number of ether oxygens (including phenoxy) is 1. The Kier molecular flexibility index (Phi) is 5.22. The Balaban J connectivity index is 2.80. The molecule has 0 heterocycles. The van der Waals surface area contributed by atoms with Crippen LogP contribution in [0.1, 0.15) is 12.5 Å². The fourth-order valence-corrected chi connectivity index (χ4v) is 1.36. The minimum atomic E-state index is -0.647. The minimum Gasteiger partial charge on any atom is -0.462 e. The van der Waals surface area contributed by atoms with Crippen LogP contribution in [0.4, 0.5) is 5.69 Å². The average molecular weight is 265 g/mol. The van der Waals surface area contributed by atoms with E-state index in [0.29, 0.717) is 10.7 Å². The van der Waals surface area contributed by atoms with Gasteiger partial charge in [0.1, 0.15) is 6.07 Å². The van der Waals surface area contributed by atoms with Crippen LogP contribution >= 0.6 is 11.6 Å². The Hall–Kier alpha value is -1.99. The van der Waals surface area contributed by atoms with Crippen LogP contribution in [0.15, 0.2) is 30.0 Å². The highest BCUT2D eigenvalue weighted by molar-refractivity contribution is 6.31. The number of carbonyl (C=O) groups excluding carboxylic acids is 1. The summed E-state index contributed by atoms with van der Waals surface area (Å²) in [6.45, 7) is 3.80. The number of nitrogens with zero attached hydrogens (tertiary/aromatic N) is 1. The topological polar surface area (TPSA) is 62.1 Å². The van der Waals surface area contributed by atoms with Crippen molar-refractivity contribution in [2.75, 3.05) is 11.9 Å². The summed E-state index contributed by atoms with van der Waals surface area (Å²) >= 11 is 5.96. The van der Waals surface area contributed by atoms with Crippen molar-refractivity contribution in [3.63, 3.8) is 0 Å². The predicted octanol–water partition coefficient (Wildman–Crippen LogP) is 3.03. The lowest BCUT2D eigenvalue weighted by Gasteiger charge is -2.04. The molecule has 4 nitrogen and oxygen atoms in total. The molecule has 0 atom stereocenters. The SMILES string of the molecule is CCOC(=O)C(C#N)=CNc1ccc(C)c(Cl)c1. The van der Waals surface area contributed by atoms with E-state index in [1.165, 1.54) is 6.20 Å². The molecule has 0 unspecified atom stereocenters. The van der Waals surface area contributed by atoms with Gasteiger partial charge in [-0.25, -0.2) is 4.79 Å². The fourth-order valence-electron chi connectivity index (χ4n) is 1.18. The highest BCUT2D eigenvalue weighted by atomic mass is 35.5. The molecule has 0 spiro atoms. The number of esters is 1. The van der Waals surface area contributed by atoms with Crippen molar-refractivity contribution in [2.45, 2.75) is 13.8 Å². The molecule has 0 bridgehead atoms. The first-order valence-electron chi connectivity index (χ1n) is 5.38. The first-order chi connectivity index (χ1) is 8.58. The number of halogens is 1. The van der Waals surface area contributed by atoms with Crippen molar-refractivity contribution in [3.05, 3.63) is 40.6 Å². The van der Waals surface area contributed by atoms with Gasteiger partial charge < -0.3 is 10.1 Å². The molecule has 1 aromatic rings. The molecule has 0 saturated heterocycles. The lowest BCUT2D eigenvalue weighted by molar-refractivity contribution is -0.138. The number of nitriles is 1. The summed E-state index contributed by atoms with van der Waals surface area (Å²) in [5, 5.41) is 12.3. The second-order valence-corrected chi connectivity index (χ2v) is 3.91. The molecule has 1 rings (SSSR count). The molecule has 18 heavy (non-hydrogen) atoms. The average Bonchev–Trinajstić information content (AvgIpc) is 2.34. The van der Waals surface area contributed by atoms with E-state index in [0.717, 1.165) is 5.56 Å². The molecule has 0 aliphatic heterocycles. The van der Waals surface area contributed by atoms with Crippen LogP contribution in [0.25, 0.3) is 0 Å². The van der Waals surface area contributed by atoms with Crippen molar-refractivity contribution in [2.24, 2.45) is 0 Å². The molecule has 0 aliphatic carbocycles. The van der Waals surface area contributed by atoms with Crippen LogP contribution in [0.2, 0.25) is 5.02 Å². The van der Waals surface area contributed by atoms with E-state index >= 15 is 0 Å². The molecular formula is C13H13ClN2O2. The van der Waals surface area contributed by atoms with Gasteiger partial charge >= 0.3 is 5.97 Å². The second kappa shape index (κ2) is 6.67. The maximum absolute atomic E-state index is 11.3. The molecule has 0 aromatic heterocycles. The molecular weight excluding hydrogens is 252 g/mol. The van der Waals surface area contributed by atoms with Gasteiger partial charge in [-0.3, -0.25) is 0 Å². The number of rotatable bonds is 4. The smallest absolute Gasteiger partial charge is 0.350 e. The van der Waals surface area contributed by atoms with Crippen molar-refractivity contribution >= 4 is 23.3 Å². The number of anilines is 1. The number of aryl methyl sites for hydroxylation is 1. The second-order valence-electron chi connectivity index (χ2n) is 3.50. The summed E-state index contributed by atoms with van der Waals surface area (Å²) in [5.74, 6) is -0.647. The van der Waals surface area contributed by atoms with E-state index in [4.69, 9.17) is 21.6 Å². The normalized spacial score (nSPS) is 10.7. The maximum Gasteiger partial charge on any atom is 0.350 e. The van der Waals surface area contributed by atoms with Gasteiger partial charge in [0.2, 0.25) is 0 Å². The number of hydrogen-bond acceptors (Lipinski definition) is 4. The first kappa shape index (κ1) is 14.1. The van der Waals surface area contributed by atoms with E-state index < -0.39 is 5.97 Å². The number of hydrogen-bond donors (Lipinski definition) is 1. The third-order valence-corrected chi connectivity index (χ3v) is 2.58. The monoisotopic (exact) mass is 264 g/mol. The van der Waals surface area contributed by atoms with Gasteiger partial charge in [0.25, 0.3) is 0 Å². The molecule has 1 N–H and O–H groups in total. The molecule has 94 valence electrons. The van der Waals surface area contributed by atoms with Crippen LogP contribution < -0.4 is 5.32 Å². The fraction of sp³-hybridized carbons (Fsp3) is 0.231. The summed E-state index contributed by atoms with van der Waals surface area (Å²) in [4.78, 5) is 11.3. The summed E-state index contributed by atoms with van der Waals surface area (Å²) < 4.78 is 4.73. The van der Waals surface area contributed by atoms with E-state index in [2.05, 4.69) is 5.32 Å². The molecule has 0 fully saturated rings. The molecule has 0 saturated carbocycles. The summed E-state index contributed by atoms with van der Waals surface area (Å²) in [5.41, 5.74) is 1.56. The highest BCUT2D eigenvalue weighted by Gasteiger charge is 2.09. The van der Waals surface area contributed by atoms with Crippen LogP contribution in [-0.2, 0) is 9.53 Å². The third-order valence-electron chi connectivity index (χ3n) is 2.17. The number of benzene rings is 1. The van der Waals surface area contributed by atoms with Crippen LogP contribution in [0.3, 0.4) is 0 Å². The Bertz CT molecular complexity index is 518. The van der Waals surface area contributed by atoms with E-state index in [-0.39, 0.29) is 12.2 Å². The Morgan fingerprint density at radius 1 is 1.61 bits per heavy atom. The van der Waals surface area contributed by atoms with Crippen LogP contribution in [0.5, 0.6) is 0 Å². The summed E-state index contributed by atoms with van der Waals surface area (Å²) in [7, 11) is 0. The van der Waals surface area contributed by atoms with Gasteiger partial charge in [0.15, 0.2) is 5.57 Å². The van der Waals surface area contributed by atoms with E-state index in [1.54, 1.807) is 25.1 Å². The third kappa shape index (κ3) is 3.79. The van der Waals surface area contributed by atoms with Crippen LogP contribution in [0, 0.1) is 18.3 Å². The number of nitrogens with one attached hydrogen (secondary N) is 1. The zero-order chi connectivity index (χ0) is 13.5. The predicted molar refractivity (Wildman–Crippen MR) is 70.1 cm³/mol. The maximum atomic E-state index is 11.3. The molecule has 0 amide bonds. The van der Waals surface area contributed by atoms with Gasteiger partial charge in [-0.2, -0.15) is 5.26 Å². The largest absolute Gasteiger partial charge is 0.462 e. The lowest BCUT2D eigenvalue weighted by atomic mass is 10.2. The lowest BCUT2D eigenvalue weighted by Crippen LogP contribution is -2.07. The quantitative estimate of drug-likeness (QED) is 0.516. The standard InChI is InChI=1S/C13H13ClN2O2/c1-3-18-13(17)10(7-15)8-16-11-5-4-9(2)12(14)6-11/h4-6,8,16H,3H2,1-2H3. The van der Waals surface area contributed by atoms with Gasteiger partial charge in [-0.05, 0) is 31.5 Å². The zero-order valence-corrected chi connectivity index (χ0v) is 10.9.